The van der Waals surface area contributed by atoms with Gasteiger partial charge in [-0.1, -0.05) is 47.6 Å². The average molecular weight is 539 g/mol. The summed E-state index contributed by atoms with van der Waals surface area (Å²) in [5, 5.41) is 7.26. The Morgan fingerprint density at radius 3 is 2.46 bits per heavy atom. The van der Waals surface area contributed by atoms with E-state index in [0.29, 0.717) is 24.7 Å². The van der Waals surface area contributed by atoms with Crippen LogP contribution in [0, 0.1) is 5.82 Å². The van der Waals surface area contributed by atoms with Crippen molar-refractivity contribution >= 4 is 6.09 Å². The second-order valence-corrected chi connectivity index (χ2v) is 11.3. The molecule has 1 aliphatic rings. The van der Waals surface area contributed by atoms with E-state index in [9.17, 15) is 9.18 Å². The van der Waals surface area contributed by atoms with Crippen LogP contribution in [-0.2, 0) is 21.3 Å². The van der Waals surface area contributed by atoms with Crippen LogP contribution in [0.15, 0.2) is 59.1 Å². The van der Waals surface area contributed by atoms with E-state index in [1.807, 2.05) is 51.1 Å². The summed E-state index contributed by atoms with van der Waals surface area (Å²) in [4.78, 5) is 19.6. The fourth-order valence-electron chi connectivity index (χ4n) is 5.00. The molecular formula is C30H39FN4O4. The molecule has 2 heterocycles. The number of carbonyl (C=O) groups excluding carboxylic acids is 1. The Hall–Kier alpha value is -3.30. The Bertz CT molecular complexity index is 1190. The number of benzene rings is 2. The van der Waals surface area contributed by atoms with Gasteiger partial charge in [0.25, 0.3) is 0 Å². The normalized spacial score (nSPS) is 16.5. The second-order valence-electron chi connectivity index (χ2n) is 11.3. The molecule has 39 heavy (non-hydrogen) atoms. The van der Waals surface area contributed by atoms with Gasteiger partial charge < -0.3 is 24.2 Å². The van der Waals surface area contributed by atoms with Gasteiger partial charge in [-0.25, -0.2) is 9.18 Å². The number of carbonyl (C=O) groups is 1. The van der Waals surface area contributed by atoms with Crippen LogP contribution >= 0.6 is 0 Å². The molecule has 2 aromatic carbocycles. The quantitative estimate of drug-likeness (QED) is 0.368. The van der Waals surface area contributed by atoms with Crippen LogP contribution < -0.4 is 5.32 Å². The summed E-state index contributed by atoms with van der Waals surface area (Å²) in [6.07, 6.45) is 2.44. The van der Waals surface area contributed by atoms with Gasteiger partial charge in [-0.05, 0) is 76.4 Å². The first-order valence-corrected chi connectivity index (χ1v) is 13.5. The van der Waals surface area contributed by atoms with Gasteiger partial charge in [0, 0.05) is 20.1 Å². The minimum absolute atomic E-state index is 0.156. The Labute approximate surface area is 229 Å². The number of methoxy groups -OCH3 is 1. The monoisotopic (exact) mass is 538 g/mol. The molecule has 1 saturated heterocycles. The molecule has 3 aromatic rings. The van der Waals surface area contributed by atoms with Crippen molar-refractivity contribution in [1.82, 2.24) is 20.4 Å². The molecule has 0 saturated carbocycles. The summed E-state index contributed by atoms with van der Waals surface area (Å²) in [6.45, 7) is 8.57. The molecule has 1 N–H and O–H groups in total. The first-order valence-electron chi connectivity index (χ1n) is 13.5. The number of halogens is 1. The third-order valence-electron chi connectivity index (χ3n) is 7.06. The fraction of sp³-hybridized carbons (Fsp3) is 0.500. The van der Waals surface area contributed by atoms with Crippen LogP contribution in [0.2, 0.25) is 0 Å². The molecule has 0 unspecified atom stereocenters. The molecule has 8 nitrogen and oxygen atoms in total. The average Bonchev–Trinajstić information content (AvgIpc) is 3.37. The minimum atomic E-state index is -0.559. The third-order valence-corrected chi connectivity index (χ3v) is 7.06. The highest BCUT2D eigenvalue weighted by Crippen LogP contribution is 2.35. The van der Waals surface area contributed by atoms with E-state index in [2.05, 4.69) is 15.4 Å². The van der Waals surface area contributed by atoms with Crippen LogP contribution in [0.5, 0.6) is 0 Å². The van der Waals surface area contributed by atoms with E-state index in [1.54, 1.807) is 19.2 Å². The minimum Gasteiger partial charge on any atom is -0.444 e. The van der Waals surface area contributed by atoms with Gasteiger partial charge in [0.2, 0.25) is 5.89 Å². The summed E-state index contributed by atoms with van der Waals surface area (Å²) in [5.41, 5.74) is 1.06. The summed E-state index contributed by atoms with van der Waals surface area (Å²) in [7, 11) is 1.69. The SMILES string of the molecule is COCC1(c2nc(Cc3ccc(F)cc3)no2)CCN(CC[C@H](NC(=O)OC(C)(C)C)c2ccccc2)CC1. The van der Waals surface area contributed by atoms with E-state index >= 15 is 0 Å². The highest BCUT2D eigenvalue weighted by atomic mass is 19.1. The standard InChI is InChI=1S/C30H39FN4O4/c1-29(2,3)38-28(36)32-25(23-8-6-5-7-9-23)14-17-35-18-15-30(16-19-35,21-37-4)27-33-26(34-39-27)20-22-10-12-24(31)13-11-22/h5-13,25H,14-21H2,1-4H3,(H,32,36)/t25-/m0/s1. The zero-order valence-corrected chi connectivity index (χ0v) is 23.3. The largest absolute Gasteiger partial charge is 0.444 e. The predicted molar refractivity (Wildman–Crippen MR) is 146 cm³/mol. The number of nitrogens with zero attached hydrogens (tertiary/aromatic N) is 3. The van der Waals surface area contributed by atoms with Crippen molar-refractivity contribution in [2.24, 2.45) is 0 Å². The van der Waals surface area contributed by atoms with Crippen LogP contribution in [0.25, 0.3) is 0 Å². The maximum Gasteiger partial charge on any atom is 0.408 e. The summed E-state index contributed by atoms with van der Waals surface area (Å²) >= 11 is 0. The van der Waals surface area contributed by atoms with E-state index in [-0.39, 0.29) is 17.3 Å². The number of hydrogen-bond acceptors (Lipinski definition) is 7. The first kappa shape index (κ1) is 28.7. The Morgan fingerprint density at radius 2 is 1.82 bits per heavy atom. The lowest BCUT2D eigenvalue weighted by Crippen LogP contribution is -2.46. The Balaban J connectivity index is 1.37. The number of alkyl carbamates (subject to hydrolysis) is 1. The molecule has 0 radical (unpaired) electrons. The number of hydrogen-bond donors (Lipinski definition) is 1. The number of piperidine rings is 1. The second kappa shape index (κ2) is 12.7. The summed E-state index contributed by atoms with van der Waals surface area (Å²) in [6, 6.07) is 16.2. The van der Waals surface area contributed by atoms with Crippen molar-refractivity contribution in [3.8, 4) is 0 Å². The molecule has 0 aliphatic carbocycles. The molecule has 1 atom stereocenters. The van der Waals surface area contributed by atoms with Crippen molar-refractivity contribution in [3.63, 3.8) is 0 Å². The van der Waals surface area contributed by atoms with Crippen LogP contribution in [0.4, 0.5) is 9.18 Å². The fourth-order valence-corrected chi connectivity index (χ4v) is 5.00. The maximum atomic E-state index is 13.2. The summed E-state index contributed by atoms with van der Waals surface area (Å²) in [5.74, 6) is 0.900. The molecule has 9 heteroatoms. The van der Waals surface area contributed by atoms with Crippen molar-refractivity contribution < 1.29 is 23.2 Å². The van der Waals surface area contributed by atoms with Crippen molar-refractivity contribution in [1.29, 1.82) is 0 Å². The van der Waals surface area contributed by atoms with E-state index in [1.165, 1.54) is 12.1 Å². The molecule has 0 bridgehead atoms. The van der Waals surface area contributed by atoms with Crippen LogP contribution in [0.3, 0.4) is 0 Å². The van der Waals surface area contributed by atoms with Crippen molar-refractivity contribution in [3.05, 3.63) is 83.3 Å². The Morgan fingerprint density at radius 1 is 1.13 bits per heavy atom. The molecule has 210 valence electrons. The smallest absolute Gasteiger partial charge is 0.408 e. The molecule has 0 spiro atoms. The summed E-state index contributed by atoms with van der Waals surface area (Å²) < 4.78 is 30.1. The molecule has 1 aromatic heterocycles. The number of likely N-dealkylation sites (tertiary alicyclic amines) is 1. The number of aromatic nitrogens is 2. The van der Waals surface area contributed by atoms with E-state index in [0.717, 1.165) is 50.0 Å². The number of ether oxygens (including phenoxy) is 2. The first-order chi connectivity index (χ1) is 18.7. The number of amides is 1. The lowest BCUT2D eigenvalue weighted by Gasteiger charge is -2.39. The molecule has 1 aliphatic heterocycles. The maximum absolute atomic E-state index is 13.2. The van der Waals surface area contributed by atoms with Crippen LogP contribution in [-0.4, -0.2) is 60.1 Å². The van der Waals surface area contributed by atoms with Gasteiger partial charge >= 0.3 is 6.09 Å². The highest BCUT2D eigenvalue weighted by molar-refractivity contribution is 5.68. The van der Waals surface area contributed by atoms with Crippen molar-refractivity contribution in [2.45, 2.75) is 63.5 Å². The van der Waals surface area contributed by atoms with E-state index < -0.39 is 11.7 Å². The van der Waals surface area contributed by atoms with Gasteiger partial charge in [-0.3, -0.25) is 0 Å². The number of rotatable bonds is 10. The third kappa shape index (κ3) is 8.10. The lowest BCUT2D eigenvalue weighted by molar-refractivity contribution is 0.0461. The van der Waals surface area contributed by atoms with Gasteiger partial charge in [0.05, 0.1) is 18.1 Å². The molecule has 1 fully saturated rings. The predicted octanol–water partition coefficient (Wildman–Crippen LogP) is 5.44. The number of nitrogens with one attached hydrogen (secondary N) is 1. The molecule has 4 rings (SSSR count). The van der Waals surface area contributed by atoms with Gasteiger partial charge in [0.1, 0.15) is 11.4 Å². The topological polar surface area (TPSA) is 89.7 Å². The zero-order chi connectivity index (χ0) is 27.9. The lowest BCUT2D eigenvalue weighted by atomic mass is 9.78. The van der Waals surface area contributed by atoms with Crippen molar-refractivity contribution in [2.75, 3.05) is 33.4 Å². The zero-order valence-electron chi connectivity index (χ0n) is 23.3. The van der Waals surface area contributed by atoms with Gasteiger partial charge in [0.15, 0.2) is 5.82 Å². The van der Waals surface area contributed by atoms with Gasteiger partial charge in [-0.2, -0.15) is 4.98 Å². The van der Waals surface area contributed by atoms with E-state index in [4.69, 9.17) is 19.0 Å². The highest BCUT2D eigenvalue weighted by Gasteiger charge is 2.41. The molecular weight excluding hydrogens is 499 g/mol. The van der Waals surface area contributed by atoms with Crippen LogP contribution in [0.1, 0.15) is 68.9 Å². The van der Waals surface area contributed by atoms with Gasteiger partial charge in [-0.15, -0.1) is 0 Å². The Kier molecular flexibility index (Phi) is 9.35. The molecule has 1 amide bonds.